The van der Waals surface area contributed by atoms with Crippen LogP contribution < -0.4 is 20.7 Å². The average Bonchev–Trinajstić information content (AvgIpc) is 3.57. The highest BCUT2D eigenvalue weighted by molar-refractivity contribution is 5.89. The number of carbonyl (C=O) groups excluding carboxylic acids is 3. The van der Waals surface area contributed by atoms with E-state index in [-0.39, 0.29) is 42.5 Å². The Morgan fingerprint density at radius 1 is 1.06 bits per heavy atom. The SMILES string of the molecule is CN1CC(=O)NCC(=O)NCCCCc2ccc(F)cc2OCCNC(C2CC2)C1=O. The number of fused-ring (bicyclic) bond motifs is 1. The van der Waals surface area contributed by atoms with E-state index in [4.69, 9.17) is 4.74 Å². The molecule has 1 heterocycles. The predicted octanol–water partition coefficient (Wildman–Crippen LogP) is 0.600. The molecule has 1 aromatic carbocycles. The molecule has 1 aliphatic heterocycles. The van der Waals surface area contributed by atoms with Crippen molar-refractivity contribution in [1.82, 2.24) is 20.9 Å². The van der Waals surface area contributed by atoms with Crippen molar-refractivity contribution in [2.24, 2.45) is 5.92 Å². The fourth-order valence-corrected chi connectivity index (χ4v) is 3.63. The lowest BCUT2D eigenvalue weighted by Crippen LogP contribution is -2.50. The highest BCUT2D eigenvalue weighted by Crippen LogP contribution is 2.33. The Bertz CT molecular complexity index is 800. The van der Waals surface area contributed by atoms with Crippen molar-refractivity contribution in [3.8, 4) is 5.75 Å². The molecule has 0 aromatic heterocycles. The molecule has 0 saturated heterocycles. The summed E-state index contributed by atoms with van der Waals surface area (Å²) in [5.74, 6) is -0.427. The number of likely N-dealkylation sites (N-methyl/N-ethyl adjacent to an activating group) is 1. The van der Waals surface area contributed by atoms with Crippen molar-refractivity contribution in [2.45, 2.75) is 38.1 Å². The zero-order chi connectivity index (χ0) is 22.2. The summed E-state index contributed by atoms with van der Waals surface area (Å²) in [6.45, 7) is 0.979. The molecule has 170 valence electrons. The molecule has 1 aliphatic carbocycles. The summed E-state index contributed by atoms with van der Waals surface area (Å²) in [6, 6.07) is 4.13. The number of halogens is 1. The van der Waals surface area contributed by atoms with E-state index >= 15 is 0 Å². The predicted molar refractivity (Wildman–Crippen MR) is 113 cm³/mol. The number of nitrogens with zero attached hydrogens (tertiary/aromatic N) is 1. The summed E-state index contributed by atoms with van der Waals surface area (Å²) in [6.07, 6.45) is 4.16. The van der Waals surface area contributed by atoms with Crippen LogP contribution in [0.1, 0.15) is 31.2 Å². The van der Waals surface area contributed by atoms with Crippen molar-refractivity contribution < 1.29 is 23.5 Å². The lowest BCUT2D eigenvalue weighted by atomic mass is 10.1. The number of amides is 3. The van der Waals surface area contributed by atoms with Crippen molar-refractivity contribution in [3.05, 3.63) is 29.6 Å². The fraction of sp³-hybridized carbons (Fsp3) is 0.591. The maximum Gasteiger partial charge on any atom is 0.240 e. The molecule has 0 spiro atoms. The number of hydrogen-bond donors (Lipinski definition) is 3. The molecular formula is C22H31FN4O4. The van der Waals surface area contributed by atoms with Gasteiger partial charge < -0.3 is 25.6 Å². The van der Waals surface area contributed by atoms with Crippen LogP contribution in [0.5, 0.6) is 5.75 Å². The van der Waals surface area contributed by atoms with Gasteiger partial charge in [-0.05, 0) is 49.7 Å². The van der Waals surface area contributed by atoms with Crippen LogP contribution in [0.15, 0.2) is 18.2 Å². The largest absolute Gasteiger partial charge is 0.492 e. The molecule has 9 heteroatoms. The first-order valence-corrected chi connectivity index (χ1v) is 10.9. The lowest BCUT2D eigenvalue weighted by Gasteiger charge is -2.24. The third-order valence-electron chi connectivity index (χ3n) is 5.51. The molecule has 0 radical (unpaired) electrons. The fourth-order valence-electron chi connectivity index (χ4n) is 3.63. The van der Waals surface area contributed by atoms with E-state index in [1.54, 1.807) is 13.1 Å². The van der Waals surface area contributed by atoms with Crippen molar-refractivity contribution >= 4 is 17.7 Å². The van der Waals surface area contributed by atoms with E-state index in [1.165, 1.54) is 17.0 Å². The van der Waals surface area contributed by atoms with Crippen LogP contribution in [0.2, 0.25) is 0 Å². The van der Waals surface area contributed by atoms with Crippen LogP contribution in [0.25, 0.3) is 0 Å². The number of rotatable bonds is 1. The highest BCUT2D eigenvalue weighted by Gasteiger charge is 2.37. The Balaban J connectivity index is 1.67. The second-order valence-corrected chi connectivity index (χ2v) is 8.15. The second-order valence-electron chi connectivity index (χ2n) is 8.15. The Morgan fingerprint density at radius 3 is 2.65 bits per heavy atom. The van der Waals surface area contributed by atoms with Gasteiger partial charge >= 0.3 is 0 Å². The van der Waals surface area contributed by atoms with Gasteiger partial charge in [0.1, 0.15) is 18.2 Å². The number of aryl methyl sites for hydroxylation is 1. The first-order chi connectivity index (χ1) is 14.9. The molecule has 1 unspecified atom stereocenters. The van der Waals surface area contributed by atoms with E-state index in [0.29, 0.717) is 31.9 Å². The molecule has 1 aromatic rings. The van der Waals surface area contributed by atoms with Crippen LogP contribution in [0.4, 0.5) is 4.39 Å². The summed E-state index contributed by atoms with van der Waals surface area (Å²) in [4.78, 5) is 38.2. The highest BCUT2D eigenvalue weighted by atomic mass is 19.1. The third kappa shape index (κ3) is 7.20. The number of hydrogen-bond acceptors (Lipinski definition) is 5. The summed E-state index contributed by atoms with van der Waals surface area (Å²) in [5.41, 5.74) is 0.910. The van der Waals surface area contributed by atoms with E-state index in [0.717, 1.165) is 31.2 Å². The maximum absolute atomic E-state index is 13.7. The van der Waals surface area contributed by atoms with Gasteiger partial charge in [0.15, 0.2) is 0 Å². The van der Waals surface area contributed by atoms with Gasteiger partial charge in [-0.2, -0.15) is 0 Å². The van der Waals surface area contributed by atoms with E-state index in [9.17, 15) is 18.8 Å². The molecule has 3 rings (SSSR count). The van der Waals surface area contributed by atoms with Crippen molar-refractivity contribution in [3.63, 3.8) is 0 Å². The summed E-state index contributed by atoms with van der Waals surface area (Å²) < 4.78 is 19.5. The van der Waals surface area contributed by atoms with Crippen molar-refractivity contribution in [2.75, 3.05) is 39.8 Å². The van der Waals surface area contributed by atoms with E-state index in [1.807, 2.05) is 0 Å². The van der Waals surface area contributed by atoms with Crippen LogP contribution in [-0.2, 0) is 20.8 Å². The smallest absolute Gasteiger partial charge is 0.240 e. The minimum Gasteiger partial charge on any atom is -0.492 e. The van der Waals surface area contributed by atoms with Gasteiger partial charge in [-0.15, -0.1) is 0 Å². The van der Waals surface area contributed by atoms with E-state index < -0.39 is 6.04 Å². The topological polar surface area (TPSA) is 99.8 Å². The van der Waals surface area contributed by atoms with Crippen LogP contribution in [-0.4, -0.2) is 68.5 Å². The van der Waals surface area contributed by atoms with Gasteiger partial charge in [0.2, 0.25) is 17.7 Å². The number of carbonyl (C=O) groups is 3. The Labute approximate surface area is 181 Å². The monoisotopic (exact) mass is 434 g/mol. The minimum atomic E-state index is -0.390. The summed E-state index contributed by atoms with van der Waals surface area (Å²) in [5, 5.41) is 8.56. The van der Waals surface area contributed by atoms with Gasteiger partial charge in [0.25, 0.3) is 0 Å². The van der Waals surface area contributed by atoms with Crippen LogP contribution in [0, 0.1) is 11.7 Å². The first-order valence-electron chi connectivity index (χ1n) is 10.9. The standard InChI is InChI=1S/C22H31FN4O4/c1-27-14-20(29)26-13-19(28)24-9-3-2-4-15-7-8-17(23)12-18(15)31-11-10-25-21(22(27)30)16-5-6-16/h7-8,12,16,21,25H,2-6,9-11,13-14H2,1H3,(H,24,28)(H,26,29). The molecule has 31 heavy (non-hydrogen) atoms. The number of nitrogens with one attached hydrogen (secondary N) is 3. The molecule has 1 fully saturated rings. The molecule has 1 saturated carbocycles. The van der Waals surface area contributed by atoms with Crippen molar-refractivity contribution in [1.29, 1.82) is 0 Å². The zero-order valence-corrected chi connectivity index (χ0v) is 17.9. The molecular weight excluding hydrogens is 403 g/mol. The molecule has 0 bridgehead atoms. The number of benzene rings is 1. The summed E-state index contributed by atoms with van der Waals surface area (Å²) >= 11 is 0. The van der Waals surface area contributed by atoms with Crippen LogP contribution >= 0.6 is 0 Å². The molecule has 8 nitrogen and oxygen atoms in total. The lowest BCUT2D eigenvalue weighted by molar-refractivity contribution is -0.137. The maximum atomic E-state index is 13.7. The normalized spacial score (nSPS) is 22.8. The number of ether oxygens (including phenoxy) is 1. The van der Waals surface area contributed by atoms with E-state index in [2.05, 4.69) is 16.0 Å². The third-order valence-corrected chi connectivity index (χ3v) is 5.51. The quantitative estimate of drug-likeness (QED) is 0.601. The van der Waals surface area contributed by atoms with Crippen LogP contribution in [0.3, 0.4) is 0 Å². The Hall–Kier alpha value is -2.68. The second kappa shape index (κ2) is 11.1. The van der Waals surface area contributed by atoms with Gasteiger partial charge in [-0.1, -0.05) is 6.07 Å². The Morgan fingerprint density at radius 2 is 1.87 bits per heavy atom. The first kappa shape index (κ1) is 23.0. The minimum absolute atomic E-state index is 0.111. The van der Waals surface area contributed by atoms with Gasteiger partial charge in [-0.3, -0.25) is 14.4 Å². The Kier molecular flexibility index (Phi) is 8.22. The zero-order valence-electron chi connectivity index (χ0n) is 17.9. The van der Waals surface area contributed by atoms with Gasteiger partial charge in [0, 0.05) is 26.2 Å². The molecule has 2 aliphatic rings. The van der Waals surface area contributed by atoms with Gasteiger partial charge in [0.05, 0.1) is 19.1 Å². The molecule has 3 N–H and O–H groups in total. The molecule has 1 atom stereocenters. The molecule has 3 amide bonds. The van der Waals surface area contributed by atoms with Gasteiger partial charge in [-0.25, -0.2) is 4.39 Å². The summed E-state index contributed by atoms with van der Waals surface area (Å²) in [7, 11) is 1.58. The average molecular weight is 435 g/mol.